The van der Waals surface area contributed by atoms with Crippen LogP contribution in [0.5, 0.6) is 0 Å². The topological polar surface area (TPSA) is 3.24 Å². The van der Waals surface area contributed by atoms with Gasteiger partial charge in [0, 0.05) is 20.3 Å². The molecule has 0 rings (SSSR count). The molecule has 0 radical (unpaired) electrons. The highest BCUT2D eigenvalue weighted by Crippen LogP contribution is 2.25. The van der Waals surface area contributed by atoms with Crippen LogP contribution >= 0.6 is 0 Å². The largest absolute Gasteiger partial charge is 0.383 e. The average Bonchev–Trinajstić information content (AvgIpc) is 1.79. The smallest absolute Gasteiger partial charge is 0.00557 e. The highest BCUT2D eigenvalue weighted by Gasteiger charge is 2.13. The maximum atomic E-state index is 3.79. The first-order valence-corrected chi connectivity index (χ1v) is 3.89. The van der Waals surface area contributed by atoms with Crippen molar-refractivity contribution in [2.75, 3.05) is 14.1 Å². The summed E-state index contributed by atoms with van der Waals surface area (Å²) in [6.45, 7) is 10.3. The van der Waals surface area contributed by atoms with Crippen molar-refractivity contribution in [3.05, 3.63) is 24.4 Å². The van der Waals surface area contributed by atoms with Crippen molar-refractivity contribution in [1.82, 2.24) is 4.90 Å². The zero-order chi connectivity index (χ0) is 9.07. The van der Waals surface area contributed by atoms with Gasteiger partial charge in [-0.25, -0.2) is 0 Å². The summed E-state index contributed by atoms with van der Waals surface area (Å²) in [5.74, 6) is 0. The van der Waals surface area contributed by atoms with Gasteiger partial charge in [-0.2, -0.15) is 0 Å². The maximum absolute atomic E-state index is 3.79. The van der Waals surface area contributed by atoms with Gasteiger partial charge >= 0.3 is 0 Å². The van der Waals surface area contributed by atoms with E-state index in [2.05, 4.69) is 33.6 Å². The van der Waals surface area contributed by atoms with E-state index in [4.69, 9.17) is 0 Å². The average molecular weight is 153 g/mol. The molecule has 0 aliphatic rings. The van der Waals surface area contributed by atoms with Crippen LogP contribution in [0, 0.1) is 5.41 Å². The number of allylic oxidation sites excluding steroid dienone is 2. The molecule has 0 fully saturated rings. The molecule has 0 saturated carbocycles. The lowest BCUT2D eigenvalue weighted by Gasteiger charge is -2.21. The molecular weight excluding hydrogens is 134 g/mol. The summed E-state index contributed by atoms with van der Waals surface area (Å²) in [5.41, 5.74) is 1.47. The first-order valence-electron chi connectivity index (χ1n) is 3.89. The molecule has 1 heteroatoms. The van der Waals surface area contributed by atoms with Gasteiger partial charge in [0.1, 0.15) is 0 Å². The molecule has 0 aromatic rings. The molecule has 0 saturated heterocycles. The molecule has 0 aromatic carbocycles. The Morgan fingerprint density at radius 1 is 1.27 bits per heavy atom. The van der Waals surface area contributed by atoms with Crippen molar-refractivity contribution in [2.24, 2.45) is 5.41 Å². The fourth-order valence-electron chi connectivity index (χ4n) is 0.831. The van der Waals surface area contributed by atoms with E-state index in [0.29, 0.717) is 0 Å². The van der Waals surface area contributed by atoms with E-state index in [1.807, 2.05) is 25.1 Å². The first kappa shape index (κ1) is 10.3. The second kappa shape index (κ2) is 3.61. The summed E-state index contributed by atoms with van der Waals surface area (Å²) in [4.78, 5) is 2.04. The van der Waals surface area contributed by atoms with Gasteiger partial charge < -0.3 is 4.90 Å². The molecule has 0 atom stereocenters. The number of hydrogen-bond acceptors (Lipinski definition) is 1. The van der Waals surface area contributed by atoms with Crippen LogP contribution in [-0.4, -0.2) is 19.0 Å². The Morgan fingerprint density at radius 3 is 1.82 bits per heavy atom. The molecule has 0 aromatic heterocycles. The summed E-state index contributed by atoms with van der Waals surface area (Å²) in [6.07, 6.45) is 4.02. The van der Waals surface area contributed by atoms with Crippen molar-refractivity contribution in [1.29, 1.82) is 0 Å². The Hall–Kier alpha value is -0.720. The van der Waals surface area contributed by atoms with Crippen molar-refractivity contribution < 1.29 is 0 Å². The Balaban J connectivity index is 4.54. The van der Waals surface area contributed by atoms with E-state index in [0.717, 1.165) is 0 Å². The minimum atomic E-state index is 0.200. The van der Waals surface area contributed by atoms with E-state index < -0.39 is 0 Å². The lowest BCUT2D eigenvalue weighted by Crippen LogP contribution is -2.12. The maximum Gasteiger partial charge on any atom is 0.00557 e. The van der Waals surface area contributed by atoms with E-state index in [1.165, 1.54) is 5.57 Å². The Kier molecular flexibility index (Phi) is 3.37. The van der Waals surface area contributed by atoms with Crippen molar-refractivity contribution in [2.45, 2.75) is 20.8 Å². The SMILES string of the molecule is C=C/C(=C\N(C)C)C(C)(C)C. The molecule has 0 spiro atoms. The van der Waals surface area contributed by atoms with Gasteiger partial charge in [-0.3, -0.25) is 0 Å². The predicted molar refractivity (Wildman–Crippen MR) is 51.4 cm³/mol. The van der Waals surface area contributed by atoms with E-state index in [9.17, 15) is 0 Å². The zero-order valence-corrected chi connectivity index (χ0v) is 8.31. The van der Waals surface area contributed by atoms with E-state index in [-0.39, 0.29) is 5.41 Å². The third-order valence-corrected chi connectivity index (χ3v) is 1.48. The lowest BCUT2D eigenvalue weighted by atomic mass is 9.87. The van der Waals surface area contributed by atoms with Gasteiger partial charge in [0.05, 0.1) is 0 Å². The molecule has 1 nitrogen and oxygen atoms in total. The molecule has 0 heterocycles. The fraction of sp³-hybridized carbons (Fsp3) is 0.600. The van der Waals surface area contributed by atoms with Crippen molar-refractivity contribution in [3.63, 3.8) is 0 Å². The van der Waals surface area contributed by atoms with Crippen LogP contribution in [0.15, 0.2) is 24.4 Å². The minimum absolute atomic E-state index is 0.200. The number of hydrogen-bond donors (Lipinski definition) is 0. The molecule has 0 aliphatic heterocycles. The zero-order valence-electron chi connectivity index (χ0n) is 8.31. The minimum Gasteiger partial charge on any atom is -0.383 e. The van der Waals surface area contributed by atoms with E-state index in [1.54, 1.807) is 0 Å². The fourth-order valence-corrected chi connectivity index (χ4v) is 0.831. The second-order valence-corrected chi connectivity index (χ2v) is 4.00. The predicted octanol–water partition coefficient (Wildman–Crippen LogP) is 2.66. The van der Waals surface area contributed by atoms with Crippen LogP contribution in [0.1, 0.15) is 20.8 Å². The van der Waals surface area contributed by atoms with Crippen molar-refractivity contribution >= 4 is 0 Å². The van der Waals surface area contributed by atoms with Crippen molar-refractivity contribution in [3.8, 4) is 0 Å². The Bertz CT molecular complexity index is 158. The molecule has 0 unspecified atom stereocenters. The second-order valence-electron chi connectivity index (χ2n) is 4.00. The summed E-state index contributed by atoms with van der Waals surface area (Å²) in [6, 6.07) is 0. The van der Waals surface area contributed by atoms with Gasteiger partial charge in [0.15, 0.2) is 0 Å². The van der Waals surface area contributed by atoms with Gasteiger partial charge in [-0.05, 0) is 11.0 Å². The molecular formula is C10H19N. The molecule has 11 heavy (non-hydrogen) atoms. The normalized spacial score (nSPS) is 13.0. The van der Waals surface area contributed by atoms with Crippen LogP contribution in [-0.2, 0) is 0 Å². The molecule has 0 amide bonds. The van der Waals surface area contributed by atoms with Crippen LogP contribution in [0.4, 0.5) is 0 Å². The van der Waals surface area contributed by atoms with Crippen LogP contribution in [0.3, 0.4) is 0 Å². The summed E-state index contributed by atoms with van der Waals surface area (Å²) in [7, 11) is 4.05. The van der Waals surface area contributed by atoms with Gasteiger partial charge in [0.2, 0.25) is 0 Å². The molecule has 0 N–H and O–H groups in total. The third-order valence-electron chi connectivity index (χ3n) is 1.48. The first-order chi connectivity index (χ1) is 4.88. The Morgan fingerprint density at radius 2 is 1.73 bits per heavy atom. The van der Waals surface area contributed by atoms with Crippen LogP contribution in [0.25, 0.3) is 0 Å². The lowest BCUT2D eigenvalue weighted by molar-refractivity contribution is 0.483. The quantitative estimate of drug-likeness (QED) is 0.551. The highest BCUT2D eigenvalue weighted by atomic mass is 15.0. The van der Waals surface area contributed by atoms with Gasteiger partial charge in [-0.1, -0.05) is 33.4 Å². The van der Waals surface area contributed by atoms with Gasteiger partial charge in [-0.15, -0.1) is 0 Å². The number of rotatable bonds is 2. The third kappa shape index (κ3) is 3.87. The number of nitrogens with zero attached hydrogens (tertiary/aromatic N) is 1. The highest BCUT2D eigenvalue weighted by molar-refractivity contribution is 5.21. The summed E-state index contributed by atoms with van der Waals surface area (Å²) >= 11 is 0. The Labute approximate surface area is 70.4 Å². The van der Waals surface area contributed by atoms with Gasteiger partial charge in [0.25, 0.3) is 0 Å². The summed E-state index contributed by atoms with van der Waals surface area (Å²) < 4.78 is 0. The summed E-state index contributed by atoms with van der Waals surface area (Å²) in [5, 5.41) is 0. The molecule has 64 valence electrons. The molecule has 0 aliphatic carbocycles. The standard InChI is InChI=1S/C10H19N/c1-7-9(8-11(5)6)10(2,3)4/h7-8H,1H2,2-6H3/b9-8+. The van der Waals surface area contributed by atoms with E-state index >= 15 is 0 Å². The molecule has 0 bridgehead atoms. The van der Waals surface area contributed by atoms with Crippen LogP contribution < -0.4 is 0 Å². The monoisotopic (exact) mass is 153 g/mol. The van der Waals surface area contributed by atoms with Crippen LogP contribution in [0.2, 0.25) is 0 Å².